The summed E-state index contributed by atoms with van der Waals surface area (Å²) in [5, 5.41) is 7.47. The molecule has 0 saturated heterocycles. The molecule has 1 aromatic rings. The number of anilines is 2. The molecule has 0 spiro atoms. The van der Waals surface area contributed by atoms with E-state index in [1.165, 1.54) is 0 Å². The Hall–Kier alpha value is -0.840. The first-order valence-corrected chi connectivity index (χ1v) is 5.75. The van der Waals surface area contributed by atoms with Gasteiger partial charge in [0, 0.05) is 24.5 Å². The third kappa shape index (κ3) is 2.83. The number of aryl methyl sites for hydroxylation is 1. The average Bonchev–Trinajstić information content (AvgIpc) is 2.42. The number of nitrogens with two attached hydrogens (primary N) is 1. The number of nitrogens with zero attached hydrogens (tertiary/aromatic N) is 2. The van der Waals surface area contributed by atoms with E-state index in [2.05, 4.69) is 30.5 Å². The van der Waals surface area contributed by atoms with Gasteiger partial charge in [-0.2, -0.15) is 16.9 Å². The third-order valence-electron chi connectivity index (χ3n) is 2.09. The summed E-state index contributed by atoms with van der Waals surface area (Å²) in [6, 6.07) is 0. The van der Waals surface area contributed by atoms with Crippen molar-refractivity contribution in [3.05, 3.63) is 6.20 Å². The van der Waals surface area contributed by atoms with Gasteiger partial charge in [-0.3, -0.25) is 4.68 Å². The van der Waals surface area contributed by atoms with Crippen LogP contribution in [0.25, 0.3) is 0 Å². The summed E-state index contributed by atoms with van der Waals surface area (Å²) in [6.07, 6.45) is 3.90. The first kappa shape index (κ1) is 11.2. The van der Waals surface area contributed by atoms with Gasteiger partial charge in [-0.1, -0.05) is 0 Å². The van der Waals surface area contributed by atoms with E-state index in [4.69, 9.17) is 5.73 Å². The summed E-state index contributed by atoms with van der Waals surface area (Å²) in [5.41, 5.74) is 6.46. The third-order valence-corrected chi connectivity index (χ3v) is 3.34. The second kappa shape index (κ2) is 4.13. The van der Waals surface area contributed by atoms with Crippen molar-refractivity contribution in [2.45, 2.75) is 18.6 Å². The Morgan fingerprint density at radius 1 is 1.64 bits per heavy atom. The van der Waals surface area contributed by atoms with Crippen LogP contribution < -0.4 is 11.1 Å². The first-order chi connectivity index (χ1) is 6.44. The summed E-state index contributed by atoms with van der Waals surface area (Å²) >= 11 is 1.82. The maximum Gasteiger partial charge on any atom is 0.171 e. The van der Waals surface area contributed by atoms with E-state index >= 15 is 0 Å². The molecule has 0 saturated carbocycles. The normalized spacial score (nSPS) is 11.7. The lowest BCUT2D eigenvalue weighted by molar-refractivity contribution is 0.735. The van der Waals surface area contributed by atoms with E-state index < -0.39 is 0 Å². The number of thioether (sulfide) groups is 1. The highest BCUT2D eigenvalue weighted by molar-refractivity contribution is 7.99. The first-order valence-electron chi connectivity index (χ1n) is 4.53. The molecule has 14 heavy (non-hydrogen) atoms. The highest BCUT2D eigenvalue weighted by atomic mass is 32.2. The lowest BCUT2D eigenvalue weighted by Crippen LogP contribution is -2.26. The van der Waals surface area contributed by atoms with Gasteiger partial charge in [0.1, 0.15) is 0 Å². The quantitative estimate of drug-likeness (QED) is 0.798. The van der Waals surface area contributed by atoms with Gasteiger partial charge in [0.25, 0.3) is 0 Å². The van der Waals surface area contributed by atoms with Crippen molar-refractivity contribution in [3.63, 3.8) is 0 Å². The van der Waals surface area contributed by atoms with Crippen molar-refractivity contribution >= 4 is 23.3 Å². The standard InChI is InChI=1S/C9H18N4S/c1-9(2,14-4)6-11-8-7(10)5-13(3)12-8/h5H,6,10H2,1-4H3,(H,11,12). The van der Waals surface area contributed by atoms with Gasteiger partial charge < -0.3 is 11.1 Å². The van der Waals surface area contributed by atoms with Gasteiger partial charge in [0.2, 0.25) is 0 Å². The number of nitrogen functional groups attached to an aromatic ring is 1. The minimum atomic E-state index is 0.198. The predicted octanol–water partition coefficient (Wildman–Crippen LogP) is 1.56. The van der Waals surface area contributed by atoms with Crippen LogP contribution in [-0.4, -0.2) is 27.3 Å². The zero-order valence-electron chi connectivity index (χ0n) is 9.16. The van der Waals surface area contributed by atoms with E-state index in [1.54, 1.807) is 10.9 Å². The molecule has 80 valence electrons. The molecule has 0 bridgehead atoms. The number of aromatic nitrogens is 2. The highest BCUT2D eigenvalue weighted by Crippen LogP contribution is 2.22. The van der Waals surface area contributed by atoms with Gasteiger partial charge in [-0.05, 0) is 20.1 Å². The SMILES string of the molecule is CSC(C)(C)CNc1nn(C)cc1N. The molecule has 1 rings (SSSR count). The lowest BCUT2D eigenvalue weighted by atomic mass is 10.2. The lowest BCUT2D eigenvalue weighted by Gasteiger charge is -2.22. The fourth-order valence-electron chi connectivity index (χ4n) is 1.01. The van der Waals surface area contributed by atoms with Crippen LogP contribution in [0.2, 0.25) is 0 Å². The summed E-state index contributed by atoms with van der Waals surface area (Å²) in [6.45, 7) is 5.23. The van der Waals surface area contributed by atoms with Crippen LogP contribution in [0.3, 0.4) is 0 Å². The molecular formula is C9H18N4S. The van der Waals surface area contributed by atoms with E-state index in [0.29, 0.717) is 5.69 Å². The molecule has 0 atom stereocenters. The zero-order valence-corrected chi connectivity index (χ0v) is 9.98. The van der Waals surface area contributed by atoms with Crippen molar-refractivity contribution < 1.29 is 0 Å². The molecule has 0 radical (unpaired) electrons. The minimum Gasteiger partial charge on any atom is -0.394 e. The van der Waals surface area contributed by atoms with Crippen LogP contribution in [-0.2, 0) is 7.05 Å². The number of hydrogen-bond acceptors (Lipinski definition) is 4. The molecule has 3 N–H and O–H groups in total. The fraction of sp³-hybridized carbons (Fsp3) is 0.667. The van der Waals surface area contributed by atoms with Crippen molar-refractivity contribution in [1.82, 2.24) is 9.78 Å². The predicted molar refractivity (Wildman–Crippen MR) is 63.7 cm³/mol. The van der Waals surface area contributed by atoms with E-state index in [1.807, 2.05) is 18.8 Å². The van der Waals surface area contributed by atoms with E-state index in [0.717, 1.165) is 12.4 Å². The topological polar surface area (TPSA) is 55.9 Å². The highest BCUT2D eigenvalue weighted by Gasteiger charge is 2.16. The van der Waals surface area contributed by atoms with E-state index in [9.17, 15) is 0 Å². The molecule has 1 heterocycles. The molecule has 0 amide bonds. The molecule has 0 aliphatic heterocycles. The molecular weight excluding hydrogens is 196 g/mol. The summed E-state index contributed by atoms with van der Waals surface area (Å²) in [5.74, 6) is 0.773. The zero-order chi connectivity index (χ0) is 10.8. The molecule has 0 aromatic carbocycles. The molecule has 0 unspecified atom stereocenters. The van der Waals surface area contributed by atoms with Crippen LogP contribution in [0.1, 0.15) is 13.8 Å². The van der Waals surface area contributed by atoms with Crippen LogP contribution in [0.15, 0.2) is 6.20 Å². The Balaban J connectivity index is 2.58. The Labute approximate surface area is 89.2 Å². The fourth-order valence-corrected chi connectivity index (χ4v) is 1.23. The largest absolute Gasteiger partial charge is 0.394 e. The van der Waals surface area contributed by atoms with E-state index in [-0.39, 0.29) is 4.75 Å². The number of nitrogens with one attached hydrogen (secondary N) is 1. The van der Waals surface area contributed by atoms with Crippen LogP contribution in [0.5, 0.6) is 0 Å². The summed E-state index contributed by atoms with van der Waals surface area (Å²) < 4.78 is 1.91. The van der Waals surface area contributed by atoms with Gasteiger partial charge in [0.05, 0.1) is 5.69 Å². The molecule has 0 aliphatic rings. The van der Waals surface area contributed by atoms with Crippen LogP contribution in [0.4, 0.5) is 11.5 Å². The van der Waals surface area contributed by atoms with Crippen LogP contribution in [0, 0.1) is 0 Å². The van der Waals surface area contributed by atoms with Crippen molar-refractivity contribution in [1.29, 1.82) is 0 Å². The van der Waals surface area contributed by atoms with Crippen molar-refractivity contribution in [3.8, 4) is 0 Å². The monoisotopic (exact) mass is 214 g/mol. The Bertz CT molecular complexity index is 306. The molecule has 5 heteroatoms. The second-order valence-corrected chi connectivity index (χ2v) is 5.44. The van der Waals surface area contributed by atoms with Crippen molar-refractivity contribution in [2.24, 2.45) is 7.05 Å². The summed E-state index contributed by atoms with van der Waals surface area (Å²) in [7, 11) is 1.86. The maximum atomic E-state index is 5.76. The maximum absolute atomic E-state index is 5.76. The molecule has 0 aliphatic carbocycles. The minimum absolute atomic E-state index is 0.198. The second-order valence-electron chi connectivity index (χ2n) is 3.92. The van der Waals surface area contributed by atoms with Gasteiger partial charge >= 0.3 is 0 Å². The van der Waals surface area contributed by atoms with Crippen molar-refractivity contribution in [2.75, 3.05) is 23.9 Å². The Morgan fingerprint density at radius 2 is 2.29 bits per heavy atom. The Kier molecular flexibility index (Phi) is 3.31. The molecule has 1 aromatic heterocycles. The van der Waals surface area contributed by atoms with Gasteiger partial charge in [0.15, 0.2) is 5.82 Å². The number of rotatable bonds is 4. The number of hydrogen-bond donors (Lipinski definition) is 2. The average molecular weight is 214 g/mol. The molecule has 0 fully saturated rings. The summed E-state index contributed by atoms with van der Waals surface area (Å²) in [4.78, 5) is 0. The van der Waals surface area contributed by atoms with Crippen LogP contribution >= 0.6 is 11.8 Å². The smallest absolute Gasteiger partial charge is 0.171 e. The Morgan fingerprint density at radius 3 is 2.71 bits per heavy atom. The van der Waals surface area contributed by atoms with Gasteiger partial charge in [-0.25, -0.2) is 0 Å². The molecule has 4 nitrogen and oxygen atoms in total. The van der Waals surface area contributed by atoms with Gasteiger partial charge in [-0.15, -0.1) is 0 Å².